The van der Waals surface area contributed by atoms with Crippen LogP contribution in [0.1, 0.15) is 52.9 Å². The number of aryl methyl sites for hydroxylation is 1. The Morgan fingerprint density at radius 3 is 2.69 bits per heavy atom. The summed E-state index contributed by atoms with van der Waals surface area (Å²) in [4.78, 5) is 19.9. The molecule has 0 radical (unpaired) electrons. The number of H-pyrrole nitrogens is 1. The van der Waals surface area contributed by atoms with Crippen LogP contribution < -0.4 is 4.74 Å². The molecule has 2 aromatic carbocycles. The number of aromatic carboxylic acids is 1. The van der Waals surface area contributed by atoms with E-state index in [1.807, 2.05) is 18.3 Å². The average molecular weight is 434 g/mol. The molecule has 0 unspecified atom stereocenters. The zero-order valence-electron chi connectivity index (χ0n) is 19.0. The molecular formula is C26H31N3O3. The van der Waals surface area contributed by atoms with E-state index in [2.05, 4.69) is 40.8 Å². The van der Waals surface area contributed by atoms with E-state index < -0.39 is 5.97 Å². The van der Waals surface area contributed by atoms with Crippen molar-refractivity contribution in [3.05, 3.63) is 64.8 Å². The van der Waals surface area contributed by atoms with Gasteiger partial charge in [-0.25, -0.2) is 4.79 Å². The smallest absolute Gasteiger partial charge is 0.335 e. The van der Waals surface area contributed by atoms with Crippen LogP contribution in [0.2, 0.25) is 0 Å². The number of rotatable bonds is 5. The summed E-state index contributed by atoms with van der Waals surface area (Å²) in [5.41, 5.74) is 5.06. The molecule has 1 aromatic heterocycles. The summed E-state index contributed by atoms with van der Waals surface area (Å²) in [7, 11) is 1.75. The third-order valence-electron chi connectivity index (χ3n) is 7.46. The third-order valence-corrected chi connectivity index (χ3v) is 7.46. The Morgan fingerprint density at radius 2 is 1.97 bits per heavy atom. The Hall–Kier alpha value is -2.83. The molecule has 3 atom stereocenters. The number of hydrogen-bond acceptors (Lipinski definition) is 4. The van der Waals surface area contributed by atoms with Crippen molar-refractivity contribution in [3.63, 3.8) is 0 Å². The molecule has 3 heterocycles. The second kappa shape index (κ2) is 8.26. The summed E-state index contributed by atoms with van der Waals surface area (Å²) >= 11 is 0. The van der Waals surface area contributed by atoms with Crippen molar-refractivity contribution < 1.29 is 14.6 Å². The highest BCUT2D eigenvalue weighted by molar-refractivity contribution is 5.88. The van der Waals surface area contributed by atoms with Crippen molar-refractivity contribution in [3.8, 4) is 5.75 Å². The SMILES string of the molecule is COc1cc(C)c2[nH]ccc2c1CN1C[C@@H]2CC[C@H](C)N2C[C@@H]1c1ccc(C(=O)O)cc1. The lowest BCUT2D eigenvalue weighted by Crippen LogP contribution is -2.53. The summed E-state index contributed by atoms with van der Waals surface area (Å²) in [6.07, 6.45) is 4.46. The third kappa shape index (κ3) is 3.57. The molecule has 168 valence electrons. The predicted molar refractivity (Wildman–Crippen MR) is 125 cm³/mol. The van der Waals surface area contributed by atoms with Gasteiger partial charge in [-0.1, -0.05) is 12.1 Å². The maximum Gasteiger partial charge on any atom is 0.335 e. The Labute approximate surface area is 188 Å². The number of aromatic amines is 1. The highest BCUT2D eigenvalue weighted by Crippen LogP contribution is 2.39. The summed E-state index contributed by atoms with van der Waals surface area (Å²) in [6.45, 7) is 7.19. The normalized spacial score (nSPS) is 24.0. The zero-order valence-corrected chi connectivity index (χ0v) is 19.0. The number of ether oxygens (including phenoxy) is 1. The molecular weight excluding hydrogens is 402 g/mol. The molecule has 5 rings (SSSR count). The summed E-state index contributed by atoms with van der Waals surface area (Å²) in [5.74, 6) is 0.0429. The Bertz CT molecular complexity index is 1140. The maximum absolute atomic E-state index is 11.3. The minimum Gasteiger partial charge on any atom is -0.496 e. The van der Waals surface area contributed by atoms with Crippen molar-refractivity contribution >= 4 is 16.9 Å². The van der Waals surface area contributed by atoms with Crippen LogP contribution in [0.15, 0.2) is 42.6 Å². The first-order chi connectivity index (χ1) is 15.5. The molecule has 2 N–H and O–H groups in total. The van der Waals surface area contributed by atoms with Crippen LogP contribution in [0.3, 0.4) is 0 Å². The lowest BCUT2D eigenvalue weighted by atomic mass is 9.96. The van der Waals surface area contributed by atoms with Crippen molar-refractivity contribution in [1.29, 1.82) is 0 Å². The zero-order chi connectivity index (χ0) is 22.4. The fraction of sp³-hybridized carbons (Fsp3) is 0.423. The number of hydrogen-bond donors (Lipinski definition) is 2. The van der Waals surface area contributed by atoms with E-state index in [1.165, 1.54) is 34.9 Å². The summed E-state index contributed by atoms with van der Waals surface area (Å²) in [5, 5.41) is 10.5. The number of carboxylic acids is 1. The molecule has 2 aliphatic heterocycles. The molecule has 0 aliphatic carbocycles. The fourth-order valence-corrected chi connectivity index (χ4v) is 5.69. The molecule has 6 heteroatoms. The van der Waals surface area contributed by atoms with Gasteiger partial charge in [0.2, 0.25) is 0 Å². The van der Waals surface area contributed by atoms with E-state index in [0.29, 0.717) is 17.6 Å². The van der Waals surface area contributed by atoms with Gasteiger partial charge in [-0.3, -0.25) is 9.80 Å². The predicted octanol–water partition coefficient (Wildman–Crippen LogP) is 4.59. The van der Waals surface area contributed by atoms with Crippen LogP contribution >= 0.6 is 0 Å². The fourth-order valence-electron chi connectivity index (χ4n) is 5.69. The van der Waals surface area contributed by atoms with Gasteiger partial charge in [-0.15, -0.1) is 0 Å². The van der Waals surface area contributed by atoms with Crippen molar-refractivity contribution in [2.45, 2.75) is 51.4 Å². The quantitative estimate of drug-likeness (QED) is 0.616. The van der Waals surface area contributed by atoms with Gasteiger partial charge in [0.25, 0.3) is 0 Å². The van der Waals surface area contributed by atoms with Gasteiger partial charge in [-0.2, -0.15) is 0 Å². The van der Waals surface area contributed by atoms with Crippen molar-refractivity contribution in [2.24, 2.45) is 0 Å². The Kier molecular flexibility index (Phi) is 5.43. The molecule has 0 bridgehead atoms. The molecule has 0 saturated carbocycles. The number of aromatic nitrogens is 1. The van der Waals surface area contributed by atoms with Crippen molar-refractivity contribution in [2.75, 3.05) is 20.2 Å². The molecule has 2 fully saturated rings. The number of carbonyl (C=O) groups is 1. The lowest BCUT2D eigenvalue weighted by Gasteiger charge is -2.45. The molecule has 0 amide bonds. The van der Waals surface area contributed by atoms with Gasteiger partial charge in [0, 0.05) is 60.4 Å². The number of fused-ring (bicyclic) bond motifs is 2. The molecule has 3 aromatic rings. The Balaban J connectivity index is 1.53. The number of nitrogens with zero attached hydrogens (tertiary/aromatic N) is 2. The number of benzene rings is 2. The first-order valence-corrected chi connectivity index (χ1v) is 11.4. The van der Waals surface area contributed by atoms with Gasteiger partial charge in [-0.05, 0) is 62.1 Å². The van der Waals surface area contributed by atoms with E-state index in [4.69, 9.17) is 4.74 Å². The van der Waals surface area contributed by atoms with E-state index in [-0.39, 0.29) is 6.04 Å². The van der Waals surface area contributed by atoms with E-state index >= 15 is 0 Å². The topological polar surface area (TPSA) is 68.8 Å². The van der Waals surface area contributed by atoms with Gasteiger partial charge >= 0.3 is 5.97 Å². The number of piperazine rings is 1. The number of carboxylic acid groups (broad SMARTS) is 1. The van der Waals surface area contributed by atoms with Gasteiger partial charge in [0.15, 0.2) is 0 Å². The van der Waals surface area contributed by atoms with Crippen LogP contribution in [0, 0.1) is 6.92 Å². The standard InChI is InChI=1S/C26H31N3O3/c1-16-12-24(32-3)22(21-10-11-27-25(16)21)14-28-13-20-9-4-17(2)29(20)15-23(28)18-5-7-19(8-6-18)26(30)31/h5-8,10-12,17,20,23,27H,4,9,13-15H2,1-3H3,(H,30,31)/t17-,20-,23+/m0/s1. The van der Waals surface area contributed by atoms with Crippen LogP contribution in [0.5, 0.6) is 5.75 Å². The van der Waals surface area contributed by atoms with E-state index in [1.54, 1.807) is 19.2 Å². The highest BCUT2D eigenvalue weighted by atomic mass is 16.5. The van der Waals surface area contributed by atoms with E-state index in [9.17, 15) is 9.90 Å². The highest BCUT2D eigenvalue weighted by Gasteiger charge is 2.40. The largest absolute Gasteiger partial charge is 0.496 e. The number of nitrogens with one attached hydrogen (secondary N) is 1. The minimum atomic E-state index is -0.885. The number of methoxy groups -OCH3 is 1. The second-order valence-electron chi connectivity index (χ2n) is 9.29. The molecule has 32 heavy (non-hydrogen) atoms. The molecule has 0 spiro atoms. The first-order valence-electron chi connectivity index (χ1n) is 11.4. The first kappa shape index (κ1) is 21.0. The summed E-state index contributed by atoms with van der Waals surface area (Å²) in [6, 6.07) is 13.1. The Morgan fingerprint density at radius 1 is 1.19 bits per heavy atom. The van der Waals surface area contributed by atoms with E-state index in [0.717, 1.165) is 30.9 Å². The molecule has 2 aliphatic rings. The van der Waals surface area contributed by atoms with Gasteiger partial charge in [0.05, 0.1) is 12.7 Å². The van der Waals surface area contributed by atoms with Crippen LogP contribution in [-0.4, -0.2) is 58.1 Å². The molecule has 2 saturated heterocycles. The molecule has 6 nitrogen and oxygen atoms in total. The maximum atomic E-state index is 11.3. The van der Waals surface area contributed by atoms with Gasteiger partial charge in [0.1, 0.15) is 5.75 Å². The monoisotopic (exact) mass is 433 g/mol. The van der Waals surface area contributed by atoms with Crippen LogP contribution in [-0.2, 0) is 6.54 Å². The van der Waals surface area contributed by atoms with Crippen molar-refractivity contribution in [1.82, 2.24) is 14.8 Å². The van der Waals surface area contributed by atoms with Crippen LogP contribution in [0.4, 0.5) is 0 Å². The lowest BCUT2D eigenvalue weighted by molar-refractivity contribution is 0.0285. The van der Waals surface area contributed by atoms with Crippen LogP contribution in [0.25, 0.3) is 10.9 Å². The second-order valence-corrected chi connectivity index (χ2v) is 9.29. The average Bonchev–Trinajstić information content (AvgIpc) is 3.42. The minimum absolute atomic E-state index is 0.203. The van der Waals surface area contributed by atoms with Gasteiger partial charge < -0.3 is 14.8 Å². The summed E-state index contributed by atoms with van der Waals surface area (Å²) < 4.78 is 5.82.